The number of aliphatic carboxylic acids is 1. The molecule has 2 rings (SSSR count). The quantitative estimate of drug-likeness (QED) is 0.284. The molecule has 1 aromatic carbocycles. The fourth-order valence-corrected chi connectivity index (χ4v) is 3.55. The molecular formula is C24H23F6N3O3. The zero-order valence-electron chi connectivity index (χ0n) is 19.5. The summed E-state index contributed by atoms with van der Waals surface area (Å²) in [6.45, 7) is 6.75. The lowest BCUT2D eigenvalue weighted by atomic mass is 9.99. The third-order valence-electron chi connectivity index (χ3n) is 5.06. The van der Waals surface area contributed by atoms with Crippen LogP contribution in [0.3, 0.4) is 0 Å². The van der Waals surface area contributed by atoms with Gasteiger partial charge in [-0.25, -0.2) is 4.79 Å². The maximum absolute atomic E-state index is 13.8. The van der Waals surface area contributed by atoms with Crippen LogP contribution in [0.5, 0.6) is 0 Å². The van der Waals surface area contributed by atoms with Gasteiger partial charge in [-0.15, -0.1) is 0 Å². The number of hydrogen-bond donors (Lipinski definition) is 2. The van der Waals surface area contributed by atoms with Gasteiger partial charge in [-0.2, -0.15) is 31.4 Å². The first kappa shape index (κ1) is 28.4. The van der Waals surface area contributed by atoms with Crippen molar-refractivity contribution in [1.29, 1.82) is 0 Å². The van der Waals surface area contributed by atoms with Crippen LogP contribution in [-0.2, 0) is 30.6 Å². The van der Waals surface area contributed by atoms with Crippen LogP contribution in [0.4, 0.5) is 26.3 Å². The average Bonchev–Trinajstić information content (AvgIpc) is 3.06. The van der Waals surface area contributed by atoms with Crippen molar-refractivity contribution in [2.75, 3.05) is 0 Å². The highest BCUT2D eigenvalue weighted by Crippen LogP contribution is 2.35. The van der Waals surface area contributed by atoms with Crippen molar-refractivity contribution in [1.82, 2.24) is 15.1 Å². The number of hydrogen-bond acceptors (Lipinski definition) is 3. The Morgan fingerprint density at radius 2 is 1.83 bits per heavy atom. The van der Waals surface area contributed by atoms with E-state index in [2.05, 4.69) is 17.0 Å². The molecule has 0 aliphatic carbocycles. The first-order chi connectivity index (χ1) is 16.5. The first-order valence-electron chi connectivity index (χ1n) is 10.4. The Bertz CT molecular complexity index is 1220. The molecule has 1 atom stereocenters. The normalized spacial score (nSPS) is 13.6. The van der Waals surface area contributed by atoms with E-state index in [1.54, 1.807) is 6.92 Å². The number of carbonyl (C=O) groups is 2. The number of benzene rings is 1. The molecule has 0 spiro atoms. The monoisotopic (exact) mass is 515 g/mol. The van der Waals surface area contributed by atoms with Crippen molar-refractivity contribution in [2.24, 2.45) is 7.05 Å². The number of rotatable bonds is 8. The topological polar surface area (TPSA) is 84.2 Å². The molecular weight excluding hydrogens is 492 g/mol. The summed E-state index contributed by atoms with van der Waals surface area (Å²) >= 11 is 0. The molecule has 194 valence electrons. The molecule has 0 saturated carbocycles. The van der Waals surface area contributed by atoms with Gasteiger partial charge >= 0.3 is 18.3 Å². The van der Waals surface area contributed by atoms with Gasteiger partial charge in [0, 0.05) is 19.5 Å². The Kier molecular flexibility index (Phi) is 8.55. The summed E-state index contributed by atoms with van der Waals surface area (Å²) < 4.78 is 81.2. The number of nitrogens with one attached hydrogen (secondary N) is 1. The SMILES string of the molecule is C=C(C)/C(=C\C=C\C(=O)O)C(C)NC(=O)c1c(Cc2cccc(C(F)(F)F)c2)nn(C)c1C(F)(F)F. The van der Waals surface area contributed by atoms with Crippen molar-refractivity contribution in [3.8, 4) is 0 Å². The molecule has 0 radical (unpaired) electrons. The number of carbonyl (C=O) groups excluding carboxylic acids is 1. The zero-order valence-corrected chi connectivity index (χ0v) is 19.5. The van der Waals surface area contributed by atoms with E-state index >= 15 is 0 Å². The smallest absolute Gasteiger partial charge is 0.433 e. The van der Waals surface area contributed by atoms with E-state index in [0.29, 0.717) is 15.8 Å². The number of aromatic nitrogens is 2. The van der Waals surface area contributed by atoms with Gasteiger partial charge in [0.1, 0.15) is 0 Å². The molecule has 2 N–H and O–H groups in total. The molecule has 1 aromatic heterocycles. The van der Waals surface area contributed by atoms with Crippen LogP contribution in [-0.4, -0.2) is 32.8 Å². The van der Waals surface area contributed by atoms with Gasteiger partial charge in [0.25, 0.3) is 5.91 Å². The van der Waals surface area contributed by atoms with Crippen LogP contribution in [0.2, 0.25) is 0 Å². The van der Waals surface area contributed by atoms with Crippen LogP contribution in [0.15, 0.2) is 60.2 Å². The predicted octanol–water partition coefficient (Wildman–Crippen LogP) is 5.31. The molecule has 12 heteroatoms. The van der Waals surface area contributed by atoms with Crippen molar-refractivity contribution >= 4 is 11.9 Å². The van der Waals surface area contributed by atoms with Gasteiger partial charge in [0.2, 0.25) is 0 Å². The molecule has 1 amide bonds. The zero-order chi connectivity index (χ0) is 27.4. The second-order valence-corrected chi connectivity index (χ2v) is 7.96. The van der Waals surface area contributed by atoms with Crippen molar-refractivity contribution in [2.45, 2.75) is 38.7 Å². The van der Waals surface area contributed by atoms with Crippen LogP contribution in [0, 0.1) is 0 Å². The minimum absolute atomic E-state index is 0.0140. The summed E-state index contributed by atoms with van der Waals surface area (Å²) in [7, 11) is 0.981. The number of carboxylic acid groups (broad SMARTS) is 1. The van der Waals surface area contributed by atoms with Crippen LogP contribution < -0.4 is 5.32 Å². The summed E-state index contributed by atoms with van der Waals surface area (Å²) in [5.74, 6) is -2.38. The molecule has 0 aliphatic heterocycles. The fraction of sp³-hybridized carbons (Fsp3) is 0.292. The largest absolute Gasteiger partial charge is 0.478 e. The standard InChI is InChI=1S/C24H23F6N3O3/c1-13(2)17(9-6-10-19(34)35)14(3)31-22(36)20-18(32-33(4)21(20)24(28,29)30)12-15-7-5-8-16(11-15)23(25,26)27/h5-11,14H,1,12H2,2-4H3,(H,31,36)(H,34,35)/b10-6+,17-9+. The van der Waals surface area contributed by atoms with Crippen molar-refractivity contribution in [3.63, 3.8) is 0 Å². The van der Waals surface area contributed by atoms with E-state index in [-0.39, 0.29) is 11.3 Å². The number of alkyl halides is 6. The Balaban J connectivity index is 2.50. The molecule has 0 aliphatic rings. The molecule has 0 fully saturated rings. The number of allylic oxidation sites excluding steroid dienone is 2. The Morgan fingerprint density at radius 3 is 2.36 bits per heavy atom. The Morgan fingerprint density at radius 1 is 1.19 bits per heavy atom. The first-order valence-corrected chi connectivity index (χ1v) is 10.4. The van der Waals surface area contributed by atoms with Gasteiger partial charge in [-0.3, -0.25) is 9.48 Å². The second-order valence-electron chi connectivity index (χ2n) is 7.96. The highest BCUT2D eigenvalue weighted by molar-refractivity contribution is 5.97. The van der Waals surface area contributed by atoms with Crippen LogP contribution >= 0.6 is 0 Å². The maximum Gasteiger partial charge on any atom is 0.433 e. The fourth-order valence-electron chi connectivity index (χ4n) is 3.55. The summed E-state index contributed by atoms with van der Waals surface area (Å²) in [6, 6.07) is 3.11. The van der Waals surface area contributed by atoms with Crippen LogP contribution in [0.1, 0.15) is 46.7 Å². The third kappa shape index (κ3) is 7.09. The molecule has 0 bridgehead atoms. The van der Waals surface area contributed by atoms with Crippen LogP contribution in [0.25, 0.3) is 0 Å². The van der Waals surface area contributed by atoms with Gasteiger partial charge < -0.3 is 10.4 Å². The average molecular weight is 515 g/mol. The lowest BCUT2D eigenvalue weighted by molar-refractivity contribution is -0.144. The minimum Gasteiger partial charge on any atom is -0.478 e. The second kappa shape index (κ2) is 10.8. The summed E-state index contributed by atoms with van der Waals surface area (Å²) in [5.41, 5.74) is -2.75. The number of amides is 1. The number of aryl methyl sites for hydroxylation is 1. The molecule has 2 aromatic rings. The van der Waals surface area contributed by atoms with E-state index in [1.165, 1.54) is 25.1 Å². The van der Waals surface area contributed by atoms with E-state index < -0.39 is 53.5 Å². The lowest BCUT2D eigenvalue weighted by Gasteiger charge is -2.19. The van der Waals surface area contributed by atoms with Crippen molar-refractivity contribution < 1.29 is 41.0 Å². The summed E-state index contributed by atoms with van der Waals surface area (Å²) in [4.78, 5) is 23.8. The molecule has 1 heterocycles. The highest BCUT2D eigenvalue weighted by Gasteiger charge is 2.41. The summed E-state index contributed by atoms with van der Waals surface area (Å²) in [6.07, 6.45) is -6.75. The molecule has 0 saturated heterocycles. The molecule has 36 heavy (non-hydrogen) atoms. The third-order valence-corrected chi connectivity index (χ3v) is 5.06. The van der Waals surface area contributed by atoms with Gasteiger partial charge in [-0.05, 0) is 31.1 Å². The summed E-state index contributed by atoms with van der Waals surface area (Å²) in [5, 5.41) is 14.9. The van der Waals surface area contributed by atoms with Crippen molar-refractivity contribution in [3.05, 3.63) is 88.3 Å². The number of halogens is 6. The number of carboxylic acids is 1. The van der Waals surface area contributed by atoms with E-state index in [9.17, 15) is 35.9 Å². The minimum atomic E-state index is -4.99. The van der Waals surface area contributed by atoms with Gasteiger partial charge in [0.05, 0.1) is 22.9 Å². The maximum atomic E-state index is 13.8. The van der Waals surface area contributed by atoms with Gasteiger partial charge in [0.15, 0.2) is 5.69 Å². The lowest BCUT2D eigenvalue weighted by Crippen LogP contribution is -2.36. The Labute approximate surface area is 202 Å². The predicted molar refractivity (Wildman–Crippen MR) is 119 cm³/mol. The Hall–Kier alpha value is -3.83. The number of nitrogens with zero attached hydrogens (tertiary/aromatic N) is 2. The molecule has 1 unspecified atom stereocenters. The van der Waals surface area contributed by atoms with E-state index in [1.807, 2.05) is 0 Å². The van der Waals surface area contributed by atoms with Gasteiger partial charge in [-0.1, -0.05) is 42.5 Å². The van der Waals surface area contributed by atoms with E-state index in [0.717, 1.165) is 31.3 Å². The molecule has 6 nitrogen and oxygen atoms in total. The highest BCUT2D eigenvalue weighted by atomic mass is 19.4. The van der Waals surface area contributed by atoms with E-state index in [4.69, 9.17) is 5.11 Å².